The second kappa shape index (κ2) is 5.52. The van der Waals surface area contributed by atoms with Crippen molar-refractivity contribution in [2.24, 2.45) is 7.05 Å². The molecule has 4 rings (SSSR count). The first-order valence-electron chi connectivity index (χ1n) is 8.61. The molecule has 0 atom stereocenters. The Labute approximate surface area is 142 Å². The normalized spacial score (nSPS) is 13.0. The Balaban J connectivity index is 1.92. The maximum Gasteiger partial charge on any atom is 0.211 e. The van der Waals surface area contributed by atoms with Crippen molar-refractivity contribution in [1.82, 2.24) is 9.13 Å². The summed E-state index contributed by atoms with van der Waals surface area (Å²) < 4.78 is 4.34. The molecule has 0 unspecified atom stereocenters. The van der Waals surface area contributed by atoms with Gasteiger partial charge < -0.3 is 9.13 Å². The Kier molecular flexibility index (Phi) is 3.45. The van der Waals surface area contributed by atoms with E-state index in [1.807, 2.05) is 26.1 Å². The van der Waals surface area contributed by atoms with Gasteiger partial charge in [0.25, 0.3) is 0 Å². The maximum absolute atomic E-state index is 13.4. The molecule has 0 radical (unpaired) electrons. The number of benzene rings is 1. The first-order valence-corrected chi connectivity index (χ1v) is 8.61. The Hall–Kier alpha value is -2.55. The van der Waals surface area contributed by atoms with E-state index in [0.717, 1.165) is 47.2 Å². The molecule has 2 aromatic heterocycles. The quantitative estimate of drug-likeness (QED) is 0.651. The van der Waals surface area contributed by atoms with Gasteiger partial charge in [-0.3, -0.25) is 4.79 Å². The number of fused-ring (bicyclic) bond motifs is 2. The summed E-state index contributed by atoms with van der Waals surface area (Å²) in [6, 6.07) is 10.2. The second-order valence-corrected chi connectivity index (χ2v) is 6.56. The highest BCUT2D eigenvalue weighted by molar-refractivity contribution is 6.17. The second-order valence-electron chi connectivity index (χ2n) is 6.56. The van der Waals surface area contributed by atoms with Gasteiger partial charge in [-0.1, -0.05) is 37.3 Å². The molecule has 1 aromatic carbocycles. The largest absolute Gasteiger partial charge is 0.347 e. The number of hydrogen-bond donors (Lipinski definition) is 0. The lowest BCUT2D eigenvalue weighted by Crippen LogP contribution is -2.13. The highest BCUT2D eigenvalue weighted by atomic mass is 16.1. The van der Waals surface area contributed by atoms with Crippen LogP contribution in [0.25, 0.3) is 17.0 Å². The van der Waals surface area contributed by atoms with Crippen LogP contribution in [0.5, 0.6) is 0 Å². The first kappa shape index (κ1) is 15.0. The zero-order valence-corrected chi connectivity index (χ0v) is 14.5. The molecule has 122 valence electrons. The molecule has 0 saturated heterocycles. The number of carbonyl (C=O) groups excluding carboxylic acids is 1. The molecular formula is C21H22N2O. The van der Waals surface area contributed by atoms with Gasteiger partial charge in [0, 0.05) is 42.3 Å². The smallest absolute Gasteiger partial charge is 0.211 e. The molecule has 1 aliphatic rings. The van der Waals surface area contributed by atoms with Gasteiger partial charge in [0.15, 0.2) is 0 Å². The summed E-state index contributed by atoms with van der Waals surface area (Å²) in [6.45, 7) is 5.09. The van der Waals surface area contributed by atoms with Gasteiger partial charge >= 0.3 is 0 Å². The number of ketones is 1. The number of para-hydroxylation sites is 1. The predicted molar refractivity (Wildman–Crippen MR) is 98.5 cm³/mol. The lowest BCUT2D eigenvalue weighted by Gasteiger charge is -2.11. The summed E-state index contributed by atoms with van der Waals surface area (Å²) in [5.74, 6) is 0.139. The third kappa shape index (κ3) is 2.01. The number of aryl methyl sites for hydroxylation is 1. The van der Waals surface area contributed by atoms with Crippen molar-refractivity contribution in [1.29, 1.82) is 0 Å². The van der Waals surface area contributed by atoms with Crippen LogP contribution in [0.15, 0.2) is 36.4 Å². The van der Waals surface area contributed by atoms with Gasteiger partial charge in [0.1, 0.15) is 0 Å². The topological polar surface area (TPSA) is 26.9 Å². The molecule has 0 N–H and O–H groups in total. The van der Waals surface area contributed by atoms with Gasteiger partial charge in [-0.15, -0.1) is 0 Å². The van der Waals surface area contributed by atoms with Crippen molar-refractivity contribution >= 4 is 22.8 Å². The van der Waals surface area contributed by atoms with Crippen LogP contribution in [-0.2, 0) is 20.0 Å². The van der Waals surface area contributed by atoms with Gasteiger partial charge in [-0.25, -0.2) is 0 Å². The SMILES string of the molecule is CCCn1c(C(=O)c2c(C)n(C)c3ccccc23)cc2c1CC=C2. The highest BCUT2D eigenvalue weighted by Gasteiger charge is 2.25. The molecule has 24 heavy (non-hydrogen) atoms. The number of carbonyl (C=O) groups is 1. The minimum atomic E-state index is 0.139. The number of rotatable bonds is 4. The van der Waals surface area contributed by atoms with E-state index in [2.05, 4.69) is 46.4 Å². The summed E-state index contributed by atoms with van der Waals surface area (Å²) in [7, 11) is 2.03. The van der Waals surface area contributed by atoms with E-state index in [4.69, 9.17) is 0 Å². The summed E-state index contributed by atoms with van der Waals surface area (Å²) in [5, 5.41) is 1.04. The van der Waals surface area contributed by atoms with Crippen LogP contribution < -0.4 is 0 Å². The van der Waals surface area contributed by atoms with E-state index in [0.29, 0.717) is 0 Å². The Morgan fingerprint density at radius 3 is 2.83 bits per heavy atom. The van der Waals surface area contributed by atoms with Crippen LogP contribution >= 0.6 is 0 Å². The molecule has 0 spiro atoms. The number of aromatic nitrogens is 2. The molecule has 3 nitrogen and oxygen atoms in total. The minimum absolute atomic E-state index is 0.139. The number of allylic oxidation sites excluding steroid dienone is 1. The Morgan fingerprint density at radius 1 is 1.25 bits per heavy atom. The molecule has 2 heterocycles. The number of hydrogen-bond acceptors (Lipinski definition) is 1. The van der Waals surface area contributed by atoms with E-state index >= 15 is 0 Å². The van der Waals surface area contributed by atoms with Crippen LogP contribution in [-0.4, -0.2) is 14.9 Å². The van der Waals surface area contributed by atoms with Gasteiger partial charge in [-0.05, 0) is 31.0 Å². The van der Waals surface area contributed by atoms with Crippen LogP contribution in [0.4, 0.5) is 0 Å². The summed E-state index contributed by atoms with van der Waals surface area (Å²) in [4.78, 5) is 13.4. The average molecular weight is 318 g/mol. The highest BCUT2D eigenvalue weighted by Crippen LogP contribution is 2.30. The summed E-state index contributed by atoms with van der Waals surface area (Å²) in [5.41, 5.74) is 6.28. The van der Waals surface area contributed by atoms with Crippen LogP contribution in [0, 0.1) is 6.92 Å². The monoisotopic (exact) mass is 318 g/mol. The predicted octanol–water partition coefficient (Wildman–Crippen LogP) is 4.50. The summed E-state index contributed by atoms with van der Waals surface area (Å²) in [6.07, 6.45) is 6.26. The lowest BCUT2D eigenvalue weighted by atomic mass is 10.0. The van der Waals surface area contributed by atoms with Crippen LogP contribution in [0.1, 0.15) is 46.3 Å². The third-order valence-corrected chi connectivity index (χ3v) is 5.16. The molecule has 1 aliphatic carbocycles. The van der Waals surface area contributed by atoms with Crippen molar-refractivity contribution in [3.05, 3.63) is 64.6 Å². The van der Waals surface area contributed by atoms with E-state index in [9.17, 15) is 4.79 Å². The van der Waals surface area contributed by atoms with Gasteiger partial charge in [0.05, 0.1) is 11.3 Å². The molecule has 3 aromatic rings. The van der Waals surface area contributed by atoms with Crippen molar-refractivity contribution in [2.75, 3.05) is 0 Å². The fourth-order valence-electron chi connectivity index (χ4n) is 3.88. The van der Waals surface area contributed by atoms with Gasteiger partial charge in [-0.2, -0.15) is 0 Å². The maximum atomic E-state index is 13.4. The fourth-order valence-corrected chi connectivity index (χ4v) is 3.88. The fraction of sp³-hybridized carbons (Fsp3) is 0.286. The van der Waals surface area contributed by atoms with E-state index < -0.39 is 0 Å². The molecule has 0 saturated carbocycles. The first-order chi connectivity index (χ1) is 11.6. The van der Waals surface area contributed by atoms with Crippen molar-refractivity contribution in [3.63, 3.8) is 0 Å². The third-order valence-electron chi connectivity index (χ3n) is 5.16. The Morgan fingerprint density at radius 2 is 2.04 bits per heavy atom. The molecule has 0 amide bonds. The number of nitrogens with zero attached hydrogens (tertiary/aromatic N) is 2. The molecule has 0 aliphatic heterocycles. The minimum Gasteiger partial charge on any atom is -0.347 e. The van der Waals surface area contributed by atoms with E-state index in [1.165, 1.54) is 11.3 Å². The lowest BCUT2D eigenvalue weighted by molar-refractivity contribution is 0.103. The zero-order valence-electron chi connectivity index (χ0n) is 14.5. The van der Waals surface area contributed by atoms with Gasteiger partial charge in [0.2, 0.25) is 5.78 Å². The molecular weight excluding hydrogens is 296 g/mol. The van der Waals surface area contributed by atoms with E-state index in [-0.39, 0.29) is 5.78 Å². The molecule has 0 fully saturated rings. The summed E-state index contributed by atoms with van der Waals surface area (Å²) >= 11 is 0. The van der Waals surface area contributed by atoms with Crippen molar-refractivity contribution < 1.29 is 4.79 Å². The van der Waals surface area contributed by atoms with Crippen LogP contribution in [0.2, 0.25) is 0 Å². The van der Waals surface area contributed by atoms with Crippen molar-refractivity contribution in [2.45, 2.75) is 33.2 Å². The average Bonchev–Trinajstić information content (AvgIpc) is 3.23. The molecule has 3 heteroatoms. The Bertz CT molecular complexity index is 985. The molecule has 0 bridgehead atoms. The standard InChI is InChI=1S/C21H22N2O/c1-4-12-23-17-11-7-8-15(17)13-19(23)21(24)20-14(2)22(3)18-10-6-5-9-16(18)20/h5-10,13H,4,11-12H2,1-3H3. The van der Waals surface area contributed by atoms with Crippen molar-refractivity contribution in [3.8, 4) is 0 Å². The van der Waals surface area contributed by atoms with Crippen LogP contribution in [0.3, 0.4) is 0 Å². The zero-order chi connectivity index (χ0) is 16.8. The van der Waals surface area contributed by atoms with E-state index in [1.54, 1.807) is 0 Å².